The van der Waals surface area contributed by atoms with Crippen molar-refractivity contribution in [2.75, 3.05) is 26.2 Å². The molecule has 0 amide bonds. The zero-order valence-corrected chi connectivity index (χ0v) is 14.5. The van der Waals surface area contributed by atoms with E-state index in [2.05, 4.69) is 15.1 Å². The van der Waals surface area contributed by atoms with Crippen molar-refractivity contribution in [3.8, 4) is 5.75 Å². The van der Waals surface area contributed by atoms with E-state index in [1.807, 2.05) is 44.4 Å². The van der Waals surface area contributed by atoms with E-state index in [0.717, 1.165) is 42.8 Å². The minimum Gasteiger partial charge on any atom is -0.490 e. The Bertz CT molecular complexity index is 614. The number of hydrogen-bond acceptors (Lipinski definition) is 4. The fraction of sp³-hybridized carbons (Fsp3) is 0.526. The number of β-amino-alcohol motifs (C(OH)–C–C–N with tert-alkyl or cyclic N) is 1. The Kier molecular flexibility index (Phi) is 5.53. The molecule has 1 aromatic heterocycles. The van der Waals surface area contributed by atoms with Crippen molar-refractivity contribution in [3.05, 3.63) is 47.3 Å². The molecule has 1 saturated heterocycles. The van der Waals surface area contributed by atoms with Gasteiger partial charge in [0.05, 0.1) is 6.20 Å². The highest BCUT2D eigenvalue weighted by atomic mass is 16.5. The number of piperidine rings is 1. The predicted octanol–water partition coefficient (Wildman–Crippen LogP) is 2.65. The largest absolute Gasteiger partial charge is 0.490 e. The van der Waals surface area contributed by atoms with Gasteiger partial charge in [-0.3, -0.25) is 5.10 Å². The standard InChI is InChI=1S/C19H27N3O2/c1-14-4-3-5-15(2)19(14)24-13-18(23)12-22-8-6-16(7-9-22)17-10-20-21-11-17/h3-5,10-11,16,18,23H,6-9,12-13H2,1-2H3,(H,20,21)/t18-/m0/s1. The molecule has 0 aliphatic carbocycles. The van der Waals surface area contributed by atoms with Crippen molar-refractivity contribution >= 4 is 0 Å². The summed E-state index contributed by atoms with van der Waals surface area (Å²) >= 11 is 0. The summed E-state index contributed by atoms with van der Waals surface area (Å²) < 4.78 is 5.86. The predicted molar refractivity (Wildman–Crippen MR) is 94.4 cm³/mol. The van der Waals surface area contributed by atoms with Gasteiger partial charge in [-0.15, -0.1) is 0 Å². The number of benzene rings is 1. The number of ether oxygens (including phenoxy) is 1. The molecule has 1 aromatic carbocycles. The number of rotatable bonds is 6. The Labute approximate surface area is 143 Å². The van der Waals surface area contributed by atoms with Crippen molar-refractivity contribution in [1.82, 2.24) is 15.1 Å². The Morgan fingerprint density at radius 2 is 2.00 bits per heavy atom. The molecule has 5 heteroatoms. The fourth-order valence-electron chi connectivity index (χ4n) is 3.49. The number of nitrogens with zero attached hydrogens (tertiary/aromatic N) is 2. The highest BCUT2D eigenvalue weighted by molar-refractivity contribution is 5.39. The molecule has 1 aliphatic heterocycles. The van der Waals surface area contributed by atoms with Gasteiger partial charge in [-0.2, -0.15) is 5.10 Å². The highest BCUT2D eigenvalue weighted by Gasteiger charge is 2.23. The van der Waals surface area contributed by atoms with Crippen LogP contribution in [0.5, 0.6) is 5.75 Å². The third-order valence-corrected chi connectivity index (χ3v) is 4.88. The van der Waals surface area contributed by atoms with Crippen LogP contribution < -0.4 is 4.74 Å². The number of aliphatic hydroxyl groups is 1. The monoisotopic (exact) mass is 329 g/mol. The van der Waals surface area contributed by atoms with Crippen LogP contribution in [0.1, 0.15) is 35.4 Å². The first-order valence-electron chi connectivity index (χ1n) is 8.71. The number of aromatic amines is 1. The van der Waals surface area contributed by atoms with E-state index in [1.165, 1.54) is 5.56 Å². The van der Waals surface area contributed by atoms with Crippen LogP contribution in [-0.2, 0) is 0 Å². The molecule has 130 valence electrons. The van der Waals surface area contributed by atoms with Gasteiger partial charge < -0.3 is 14.7 Å². The number of para-hydroxylation sites is 1. The molecule has 3 rings (SSSR count). The molecule has 1 aliphatic rings. The molecule has 0 spiro atoms. The van der Waals surface area contributed by atoms with E-state index in [1.54, 1.807) is 0 Å². The number of aromatic nitrogens is 2. The first-order chi connectivity index (χ1) is 11.6. The van der Waals surface area contributed by atoms with Crippen molar-refractivity contribution in [1.29, 1.82) is 0 Å². The second kappa shape index (κ2) is 7.81. The summed E-state index contributed by atoms with van der Waals surface area (Å²) in [4.78, 5) is 2.33. The molecule has 24 heavy (non-hydrogen) atoms. The van der Waals surface area contributed by atoms with E-state index < -0.39 is 6.10 Å². The first kappa shape index (κ1) is 17.0. The van der Waals surface area contributed by atoms with Crippen LogP contribution in [-0.4, -0.2) is 52.5 Å². The number of hydrogen-bond donors (Lipinski definition) is 2. The Morgan fingerprint density at radius 3 is 2.62 bits per heavy atom. The summed E-state index contributed by atoms with van der Waals surface area (Å²) in [5.74, 6) is 1.48. The van der Waals surface area contributed by atoms with Crippen LogP contribution in [0.2, 0.25) is 0 Å². The lowest BCUT2D eigenvalue weighted by Crippen LogP contribution is -2.40. The maximum absolute atomic E-state index is 10.3. The summed E-state index contributed by atoms with van der Waals surface area (Å²) in [5, 5.41) is 17.2. The fourth-order valence-corrected chi connectivity index (χ4v) is 3.49. The normalized spacial score (nSPS) is 17.8. The summed E-state index contributed by atoms with van der Waals surface area (Å²) in [6.45, 7) is 7.10. The summed E-state index contributed by atoms with van der Waals surface area (Å²) in [5.41, 5.74) is 3.53. The summed E-state index contributed by atoms with van der Waals surface area (Å²) in [6.07, 6.45) is 5.68. The SMILES string of the molecule is Cc1cccc(C)c1OC[C@@H](O)CN1CCC(c2cn[nH]c2)CC1. The number of likely N-dealkylation sites (tertiary alicyclic amines) is 1. The van der Waals surface area contributed by atoms with Crippen molar-refractivity contribution in [3.63, 3.8) is 0 Å². The molecule has 0 unspecified atom stereocenters. The van der Waals surface area contributed by atoms with E-state index >= 15 is 0 Å². The lowest BCUT2D eigenvalue weighted by molar-refractivity contribution is 0.0590. The third-order valence-electron chi connectivity index (χ3n) is 4.88. The highest BCUT2D eigenvalue weighted by Crippen LogP contribution is 2.27. The topological polar surface area (TPSA) is 61.4 Å². The van der Waals surface area contributed by atoms with Gasteiger partial charge in [-0.1, -0.05) is 18.2 Å². The number of nitrogens with one attached hydrogen (secondary N) is 1. The molecule has 0 radical (unpaired) electrons. The minimum atomic E-state index is -0.463. The van der Waals surface area contributed by atoms with Gasteiger partial charge in [0.2, 0.25) is 0 Å². The van der Waals surface area contributed by atoms with Crippen molar-refractivity contribution in [2.45, 2.75) is 38.7 Å². The smallest absolute Gasteiger partial charge is 0.125 e. The Morgan fingerprint density at radius 1 is 1.29 bits per heavy atom. The third kappa shape index (κ3) is 4.16. The lowest BCUT2D eigenvalue weighted by Gasteiger charge is -2.32. The van der Waals surface area contributed by atoms with Crippen LogP contribution in [0.4, 0.5) is 0 Å². The molecule has 2 aromatic rings. The second-order valence-corrected chi connectivity index (χ2v) is 6.79. The van der Waals surface area contributed by atoms with E-state index in [0.29, 0.717) is 19.1 Å². The molecule has 0 bridgehead atoms. The number of H-pyrrole nitrogens is 1. The minimum absolute atomic E-state index is 0.341. The van der Waals surface area contributed by atoms with Crippen LogP contribution in [0.3, 0.4) is 0 Å². The number of aryl methyl sites for hydroxylation is 2. The summed E-state index contributed by atoms with van der Waals surface area (Å²) in [6, 6.07) is 6.10. The quantitative estimate of drug-likeness (QED) is 0.855. The first-order valence-corrected chi connectivity index (χ1v) is 8.71. The van der Waals surface area contributed by atoms with Gasteiger partial charge in [0.25, 0.3) is 0 Å². The second-order valence-electron chi connectivity index (χ2n) is 6.79. The van der Waals surface area contributed by atoms with Gasteiger partial charge in [0.1, 0.15) is 18.5 Å². The van der Waals surface area contributed by atoms with Crippen molar-refractivity contribution in [2.24, 2.45) is 0 Å². The zero-order valence-electron chi connectivity index (χ0n) is 14.5. The Balaban J connectivity index is 1.44. The average molecular weight is 329 g/mol. The molecule has 0 saturated carbocycles. The average Bonchev–Trinajstić information content (AvgIpc) is 3.09. The summed E-state index contributed by atoms with van der Waals surface area (Å²) in [7, 11) is 0. The van der Waals surface area contributed by atoms with E-state index in [9.17, 15) is 5.11 Å². The van der Waals surface area contributed by atoms with Gasteiger partial charge in [-0.25, -0.2) is 0 Å². The van der Waals surface area contributed by atoms with Crippen molar-refractivity contribution < 1.29 is 9.84 Å². The molecule has 2 heterocycles. The maximum Gasteiger partial charge on any atom is 0.125 e. The molecular weight excluding hydrogens is 302 g/mol. The number of aliphatic hydroxyl groups excluding tert-OH is 1. The maximum atomic E-state index is 10.3. The molecule has 1 fully saturated rings. The van der Waals surface area contributed by atoms with Gasteiger partial charge in [0, 0.05) is 12.7 Å². The molecular formula is C19H27N3O2. The van der Waals surface area contributed by atoms with E-state index in [-0.39, 0.29) is 0 Å². The Hall–Kier alpha value is -1.85. The molecule has 2 N–H and O–H groups in total. The van der Waals surface area contributed by atoms with Crippen LogP contribution in [0, 0.1) is 13.8 Å². The van der Waals surface area contributed by atoms with Gasteiger partial charge >= 0.3 is 0 Å². The molecule has 5 nitrogen and oxygen atoms in total. The van der Waals surface area contributed by atoms with Crippen LogP contribution in [0.15, 0.2) is 30.6 Å². The zero-order chi connectivity index (χ0) is 16.9. The van der Waals surface area contributed by atoms with Crippen LogP contribution >= 0.6 is 0 Å². The van der Waals surface area contributed by atoms with E-state index in [4.69, 9.17) is 4.74 Å². The lowest BCUT2D eigenvalue weighted by atomic mass is 9.91. The van der Waals surface area contributed by atoms with Crippen LogP contribution in [0.25, 0.3) is 0 Å². The van der Waals surface area contributed by atoms with Gasteiger partial charge in [0.15, 0.2) is 0 Å². The van der Waals surface area contributed by atoms with Gasteiger partial charge in [-0.05, 0) is 62.4 Å². The molecule has 1 atom stereocenters.